The zero-order valence-electron chi connectivity index (χ0n) is 39.2. The number of rotatable bonds is 18. The van der Waals surface area contributed by atoms with Crippen molar-refractivity contribution in [1.29, 1.82) is 0 Å². The molecule has 4 aliphatic heterocycles. The highest BCUT2D eigenvalue weighted by Gasteiger charge is 2.38. The number of allylic oxidation sites excluding steroid dienone is 3. The van der Waals surface area contributed by atoms with E-state index in [1.54, 1.807) is 39.8 Å². The predicted molar refractivity (Wildman–Crippen MR) is 243 cm³/mol. The van der Waals surface area contributed by atoms with E-state index >= 15 is 0 Å². The maximum atomic E-state index is 14.0. The summed E-state index contributed by atoms with van der Waals surface area (Å²) >= 11 is 0. The molecule has 3 atom stereocenters. The number of alkyl carbamates (subject to hydrolysis) is 1. The van der Waals surface area contributed by atoms with Crippen LogP contribution in [-0.4, -0.2) is 127 Å². The molecule has 2 aromatic heterocycles. The van der Waals surface area contributed by atoms with Gasteiger partial charge < -0.3 is 48.6 Å². The topological polar surface area (TPSA) is 196 Å². The van der Waals surface area contributed by atoms with E-state index in [2.05, 4.69) is 36.1 Å². The summed E-state index contributed by atoms with van der Waals surface area (Å²) in [5.41, 5.74) is 9.67. The quantitative estimate of drug-likeness (QED) is 0.0752. The van der Waals surface area contributed by atoms with Crippen LogP contribution < -0.4 is 5.32 Å². The number of carbonyl (C=O) groups is 4. The van der Waals surface area contributed by atoms with Gasteiger partial charge in [-0.15, -0.1) is 0 Å². The van der Waals surface area contributed by atoms with Crippen LogP contribution in [0.3, 0.4) is 0 Å². The van der Waals surface area contributed by atoms with Gasteiger partial charge in [0.25, 0.3) is 0 Å². The minimum Gasteiger partial charge on any atom is -0.444 e. The second kappa shape index (κ2) is 20.6. The van der Waals surface area contributed by atoms with E-state index in [1.165, 1.54) is 0 Å². The molecule has 16 heteroatoms. The summed E-state index contributed by atoms with van der Waals surface area (Å²) in [7, 11) is 3.32. The largest absolute Gasteiger partial charge is 0.444 e. The molecule has 0 aromatic carbocycles. The van der Waals surface area contributed by atoms with Gasteiger partial charge in [-0.3, -0.25) is 4.79 Å². The summed E-state index contributed by atoms with van der Waals surface area (Å²) in [5.74, 6) is -2.22. The number of fused-ring (bicyclic) bond motifs is 8. The lowest BCUT2D eigenvalue weighted by molar-refractivity contribution is -0.130. The number of aromatic nitrogens is 4. The van der Waals surface area contributed by atoms with Gasteiger partial charge in [0.15, 0.2) is 0 Å². The van der Waals surface area contributed by atoms with E-state index in [0.717, 1.165) is 45.1 Å². The minimum atomic E-state index is -0.779. The van der Waals surface area contributed by atoms with Crippen LogP contribution in [0.15, 0.2) is 18.2 Å². The van der Waals surface area contributed by atoms with Gasteiger partial charge in [-0.25, -0.2) is 24.4 Å². The summed E-state index contributed by atoms with van der Waals surface area (Å²) in [4.78, 5) is 72.2. The molecule has 0 saturated carbocycles. The van der Waals surface area contributed by atoms with E-state index in [1.807, 2.05) is 39.0 Å². The molecule has 3 N–H and O–H groups in total. The number of hydrogen-bond acceptors (Lipinski definition) is 12. The van der Waals surface area contributed by atoms with Gasteiger partial charge in [-0.05, 0) is 102 Å². The Morgan fingerprint density at radius 1 is 0.891 bits per heavy atom. The van der Waals surface area contributed by atoms with Gasteiger partial charge in [-0.1, -0.05) is 13.8 Å². The van der Waals surface area contributed by atoms with Crippen LogP contribution in [0.5, 0.6) is 0 Å². The SMILES string of the molecule is CCC1=C(C)c2cc3nc(cc4[nH]c(c5c6[nH]c(cc1n2)c(C)c6C(=O)OC5=O)[C@@H](CCC(=O)N(C)CCNC(=O)OC(C)(C)C)[C@@H]4C)C(C)=C3C(C)OCCOCCOCCOC. The van der Waals surface area contributed by atoms with Crippen molar-refractivity contribution in [3.05, 3.63) is 69.1 Å². The summed E-state index contributed by atoms with van der Waals surface area (Å²) in [6, 6.07) is 5.94. The van der Waals surface area contributed by atoms with E-state index in [-0.39, 0.29) is 54.5 Å². The highest BCUT2D eigenvalue weighted by molar-refractivity contribution is 6.18. The second-order valence-corrected chi connectivity index (χ2v) is 17.6. The first kappa shape index (κ1) is 48.0. The smallest absolute Gasteiger partial charge is 0.407 e. The number of likely N-dealkylation sites (N-methyl/N-ethyl adjacent to an activating group) is 1. The van der Waals surface area contributed by atoms with Crippen molar-refractivity contribution in [1.82, 2.24) is 30.2 Å². The van der Waals surface area contributed by atoms with Crippen LogP contribution in [0.25, 0.3) is 33.3 Å². The molecular weight excluding hydrogens is 821 g/mol. The third-order valence-corrected chi connectivity index (χ3v) is 12.1. The highest BCUT2D eigenvalue weighted by atomic mass is 16.6. The van der Waals surface area contributed by atoms with Gasteiger partial charge in [0.05, 0.1) is 79.6 Å². The Morgan fingerprint density at radius 3 is 2.23 bits per heavy atom. The lowest BCUT2D eigenvalue weighted by atomic mass is 9.85. The van der Waals surface area contributed by atoms with Crippen LogP contribution in [0.4, 0.5) is 4.79 Å². The number of methoxy groups -OCH3 is 1. The van der Waals surface area contributed by atoms with Gasteiger partial charge in [-0.2, -0.15) is 0 Å². The zero-order valence-corrected chi connectivity index (χ0v) is 39.2. The molecule has 16 nitrogen and oxygen atoms in total. The third-order valence-electron chi connectivity index (χ3n) is 12.1. The maximum Gasteiger partial charge on any atom is 0.407 e. The van der Waals surface area contributed by atoms with Crippen molar-refractivity contribution in [2.75, 3.05) is 66.9 Å². The number of hydrogen-bond donors (Lipinski definition) is 3. The lowest BCUT2D eigenvalue weighted by Gasteiger charge is -2.23. The Hall–Kier alpha value is -5.42. The van der Waals surface area contributed by atoms with Crippen LogP contribution >= 0.6 is 0 Å². The first-order chi connectivity index (χ1) is 30.4. The van der Waals surface area contributed by atoms with Gasteiger partial charge in [0.1, 0.15) is 11.2 Å². The Morgan fingerprint density at radius 2 is 1.55 bits per heavy atom. The fourth-order valence-corrected chi connectivity index (χ4v) is 8.55. The molecule has 6 rings (SSSR count). The molecule has 0 saturated heterocycles. The zero-order chi connectivity index (χ0) is 46.5. The van der Waals surface area contributed by atoms with Crippen molar-refractivity contribution in [3.8, 4) is 0 Å². The molecule has 0 fully saturated rings. The highest BCUT2D eigenvalue weighted by Crippen LogP contribution is 2.45. The van der Waals surface area contributed by atoms with Crippen molar-refractivity contribution >= 4 is 57.3 Å². The molecule has 0 spiro atoms. The lowest BCUT2D eigenvalue weighted by Crippen LogP contribution is -2.38. The first-order valence-electron chi connectivity index (χ1n) is 22.2. The number of nitrogens with one attached hydrogen (secondary N) is 3. The Labute approximate surface area is 375 Å². The fourth-order valence-electron chi connectivity index (χ4n) is 8.55. The molecule has 64 heavy (non-hydrogen) atoms. The number of H-pyrrole nitrogens is 2. The summed E-state index contributed by atoms with van der Waals surface area (Å²) in [6.45, 7) is 20.6. The van der Waals surface area contributed by atoms with Gasteiger partial charge in [0.2, 0.25) is 5.91 Å². The number of aryl methyl sites for hydroxylation is 1. The van der Waals surface area contributed by atoms with Crippen molar-refractivity contribution < 1.29 is 47.6 Å². The standard InChI is InChI=1S/C48H64N6O10/c1-12-31-26(2)33-25-38-40(30(6)62-22-21-61-20-19-60-18-17-59-11)28(4)35(51-38)23-34-27(3)32(13-14-39(55)54(10)16-15-49-47(58)64-48(7,8)9)43(52-34)42-44-41(45(56)63-46(42)57)29(5)36(53-44)24-37(31)50-33/h23-25,27,30,32,52-53H,12-22H2,1-11H3,(H,49,58)/t27-,30?,32-/m0/s1. The van der Waals surface area contributed by atoms with E-state index < -0.39 is 23.6 Å². The summed E-state index contributed by atoms with van der Waals surface area (Å²) in [6.07, 6.45) is 0.315. The van der Waals surface area contributed by atoms with Crippen molar-refractivity contribution in [2.24, 2.45) is 0 Å². The number of ether oxygens (including phenoxy) is 6. The molecule has 8 bridgehead atoms. The van der Waals surface area contributed by atoms with E-state index in [0.29, 0.717) is 80.5 Å². The number of cyclic esters (lactones) is 2. The normalized spacial score (nSPS) is 17.1. The van der Waals surface area contributed by atoms with Crippen LogP contribution in [0, 0.1) is 6.92 Å². The average Bonchev–Trinajstić information content (AvgIpc) is 3.91. The molecule has 0 radical (unpaired) electrons. The van der Waals surface area contributed by atoms with Gasteiger partial charge >= 0.3 is 18.0 Å². The number of aromatic amines is 2. The molecule has 346 valence electrons. The number of carbonyl (C=O) groups excluding carboxylic acids is 4. The first-order valence-corrected chi connectivity index (χ1v) is 22.2. The third kappa shape index (κ3) is 10.7. The number of amides is 2. The van der Waals surface area contributed by atoms with Crippen molar-refractivity contribution in [2.45, 2.75) is 105 Å². The predicted octanol–water partition coefficient (Wildman–Crippen LogP) is 7.66. The maximum absolute atomic E-state index is 14.0. The number of esters is 2. The van der Waals surface area contributed by atoms with Crippen LogP contribution in [0.2, 0.25) is 0 Å². The Bertz CT molecular complexity index is 2400. The second-order valence-electron chi connectivity index (χ2n) is 17.6. The molecule has 2 aromatic rings. The fraction of sp³-hybridized carbons (Fsp3) is 0.542. The molecule has 2 amide bonds. The van der Waals surface area contributed by atoms with E-state index in [9.17, 15) is 19.2 Å². The Balaban J connectivity index is 1.40. The monoisotopic (exact) mass is 884 g/mol. The van der Waals surface area contributed by atoms with Crippen LogP contribution in [-0.2, 0) is 33.2 Å². The molecular formula is C48H64N6O10. The summed E-state index contributed by atoms with van der Waals surface area (Å²) in [5, 5.41) is 2.70. The van der Waals surface area contributed by atoms with Gasteiger partial charge in [0, 0.05) is 68.0 Å². The molecule has 1 unspecified atom stereocenters. The molecule has 6 heterocycles. The molecule has 0 aliphatic carbocycles. The molecule has 4 aliphatic rings. The Kier molecular flexibility index (Phi) is 15.5. The van der Waals surface area contributed by atoms with Crippen molar-refractivity contribution in [3.63, 3.8) is 0 Å². The van der Waals surface area contributed by atoms with Crippen LogP contribution in [0.1, 0.15) is 147 Å². The minimum absolute atomic E-state index is 0.135. The van der Waals surface area contributed by atoms with E-state index in [4.69, 9.17) is 38.4 Å². The number of nitrogens with zero attached hydrogens (tertiary/aromatic N) is 3. The average molecular weight is 885 g/mol. The summed E-state index contributed by atoms with van der Waals surface area (Å²) < 4.78 is 33.5.